The molecule has 4 nitrogen and oxygen atoms in total. The van der Waals surface area contributed by atoms with Crippen molar-refractivity contribution in [3.05, 3.63) is 18.0 Å². The van der Waals surface area contributed by atoms with Gasteiger partial charge in [-0.25, -0.2) is 0 Å². The lowest BCUT2D eigenvalue weighted by molar-refractivity contribution is 0.241. The van der Waals surface area contributed by atoms with Gasteiger partial charge in [0.15, 0.2) is 0 Å². The quantitative estimate of drug-likeness (QED) is 0.838. The van der Waals surface area contributed by atoms with Gasteiger partial charge in [0.05, 0.1) is 6.20 Å². The predicted molar refractivity (Wildman–Crippen MR) is 72.4 cm³/mol. The smallest absolute Gasteiger partial charge is 0.0534 e. The Morgan fingerprint density at radius 3 is 2.82 bits per heavy atom. The maximum atomic E-state index is 4.15. The Kier molecular flexibility index (Phi) is 5.43. The summed E-state index contributed by atoms with van der Waals surface area (Å²) in [4.78, 5) is 2.48. The summed E-state index contributed by atoms with van der Waals surface area (Å²) in [7, 11) is 4.18. The summed E-state index contributed by atoms with van der Waals surface area (Å²) in [5, 5.41) is 7.64. The Morgan fingerprint density at radius 1 is 1.59 bits per heavy atom. The summed E-state index contributed by atoms with van der Waals surface area (Å²) in [6.45, 7) is 4.24. The highest BCUT2D eigenvalue weighted by Crippen LogP contribution is 2.26. The maximum absolute atomic E-state index is 4.15. The van der Waals surface area contributed by atoms with Crippen LogP contribution in [0.1, 0.15) is 25.3 Å². The van der Waals surface area contributed by atoms with Crippen molar-refractivity contribution in [3.8, 4) is 0 Å². The molecule has 1 saturated carbocycles. The van der Waals surface area contributed by atoms with Crippen molar-refractivity contribution in [3.63, 3.8) is 0 Å². The first kappa shape index (κ1) is 14.5. The summed E-state index contributed by atoms with van der Waals surface area (Å²) in [5.41, 5.74) is 1.25. The third kappa shape index (κ3) is 4.30. The van der Waals surface area contributed by atoms with E-state index >= 15 is 0 Å². The monoisotopic (exact) mass is 258 g/mol. The normalized spacial score (nSPS) is 16.9. The minimum Gasteiger partial charge on any atom is -0.311 e. The van der Waals surface area contributed by atoms with Gasteiger partial charge in [0.2, 0.25) is 0 Å². The lowest BCUT2D eigenvalue weighted by Gasteiger charge is -2.24. The third-order valence-corrected chi connectivity index (χ3v) is 3.35. The molecule has 5 heteroatoms. The van der Waals surface area contributed by atoms with Crippen LogP contribution in [0.15, 0.2) is 12.4 Å². The SMILES string of the molecule is CC(CNCc1cnn(C)c1)N(C)C1CC1.Cl. The van der Waals surface area contributed by atoms with Crippen molar-refractivity contribution >= 4 is 12.4 Å². The van der Waals surface area contributed by atoms with Crippen molar-refractivity contribution in [2.24, 2.45) is 7.05 Å². The summed E-state index contributed by atoms with van der Waals surface area (Å²) in [6, 6.07) is 1.46. The van der Waals surface area contributed by atoms with Gasteiger partial charge in [0, 0.05) is 44.0 Å². The average Bonchev–Trinajstić information content (AvgIpc) is 3.02. The maximum Gasteiger partial charge on any atom is 0.0534 e. The van der Waals surface area contributed by atoms with Crippen LogP contribution in [0.25, 0.3) is 0 Å². The van der Waals surface area contributed by atoms with Crippen molar-refractivity contribution in [1.82, 2.24) is 20.0 Å². The average molecular weight is 259 g/mol. The molecule has 1 heterocycles. The molecule has 98 valence electrons. The van der Waals surface area contributed by atoms with Gasteiger partial charge in [-0.2, -0.15) is 5.10 Å². The van der Waals surface area contributed by atoms with Gasteiger partial charge in [-0.1, -0.05) is 0 Å². The number of nitrogens with one attached hydrogen (secondary N) is 1. The highest BCUT2D eigenvalue weighted by molar-refractivity contribution is 5.85. The molecule has 0 bridgehead atoms. The minimum atomic E-state index is 0. The first-order valence-corrected chi connectivity index (χ1v) is 6.07. The van der Waals surface area contributed by atoms with Crippen molar-refractivity contribution < 1.29 is 0 Å². The van der Waals surface area contributed by atoms with Gasteiger partial charge in [-0.3, -0.25) is 9.58 Å². The topological polar surface area (TPSA) is 33.1 Å². The zero-order chi connectivity index (χ0) is 11.5. The Balaban J connectivity index is 0.00000144. The molecule has 1 fully saturated rings. The van der Waals surface area contributed by atoms with Crippen molar-refractivity contribution in [2.45, 2.75) is 38.4 Å². The van der Waals surface area contributed by atoms with Crippen LogP contribution >= 0.6 is 12.4 Å². The number of hydrogen-bond acceptors (Lipinski definition) is 3. The Bertz CT molecular complexity index is 335. The second-order valence-corrected chi connectivity index (χ2v) is 4.90. The number of likely N-dealkylation sites (N-methyl/N-ethyl adjacent to an activating group) is 1. The first-order valence-electron chi connectivity index (χ1n) is 6.07. The molecule has 0 aromatic carbocycles. The summed E-state index contributed by atoms with van der Waals surface area (Å²) < 4.78 is 1.84. The lowest BCUT2D eigenvalue weighted by atomic mass is 10.2. The van der Waals surface area contributed by atoms with Gasteiger partial charge in [-0.15, -0.1) is 12.4 Å². The highest BCUT2D eigenvalue weighted by atomic mass is 35.5. The standard InChI is InChI=1S/C12H22N4.ClH/c1-10(16(3)12-4-5-12)6-13-7-11-8-14-15(2)9-11;/h8-10,12-13H,4-7H2,1-3H3;1H. The number of aryl methyl sites for hydroxylation is 1. The zero-order valence-electron chi connectivity index (χ0n) is 10.9. The van der Waals surface area contributed by atoms with E-state index in [0.29, 0.717) is 6.04 Å². The fourth-order valence-corrected chi connectivity index (χ4v) is 1.97. The molecule has 1 atom stereocenters. The van der Waals surface area contributed by atoms with Crippen LogP contribution < -0.4 is 5.32 Å². The largest absolute Gasteiger partial charge is 0.311 e. The van der Waals surface area contributed by atoms with E-state index in [-0.39, 0.29) is 12.4 Å². The molecule has 0 saturated heterocycles. The molecule has 0 aliphatic heterocycles. The predicted octanol–water partition coefficient (Wildman–Crippen LogP) is 1.41. The van der Waals surface area contributed by atoms with E-state index in [0.717, 1.165) is 19.1 Å². The molecule has 0 spiro atoms. The first-order chi connectivity index (χ1) is 7.66. The number of hydrogen-bond donors (Lipinski definition) is 1. The fourth-order valence-electron chi connectivity index (χ4n) is 1.97. The van der Waals surface area contributed by atoms with E-state index in [1.807, 2.05) is 17.9 Å². The Labute approximate surface area is 110 Å². The Hall–Kier alpha value is -0.580. The molecule has 1 aliphatic rings. The fraction of sp³-hybridized carbons (Fsp3) is 0.750. The molecule has 1 aromatic rings. The lowest BCUT2D eigenvalue weighted by Crippen LogP contribution is -2.38. The summed E-state index contributed by atoms with van der Waals surface area (Å²) >= 11 is 0. The van der Waals surface area contributed by atoms with Gasteiger partial charge in [0.1, 0.15) is 0 Å². The van der Waals surface area contributed by atoms with Crippen molar-refractivity contribution in [2.75, 3.05) is 13.6 Å². The van der Waals surface area contributed by atoms with E-state index in [2.05, 4.69) is 35.5 Å². The van der Waals surface area contributed by atoms with Crippen LogP contribution in [0.3, 0.4) is 0 Å². The molecule has 17 heavy (non-hydrogen) atoms. The summed E-state index contributed by atoms with van der Waals surface area (Å²) in [5.74, 6) is 0. The highest BCUT2D eigenvalue weighted by Gasteiger charge is 2.28. The van der Waals surface area contributed by atoms with Crippen LogP contribution in [0.5, 0.6) is 0 Å². The second-order valence-electron chi connectivity index (χ2n) is 4.90. The van der Waals surface area contributed by atoms with E-state index in [1.54, 1.807) is 0 Å². The minimum absolute atomic E-state index is 0. The van der Waals surface area contributed by atoms with Crippen molar-refractivity contribution in [1.29, 1.82) is 0 Å². The van der Waals surface area contributed by atoms with Gasteiger partial charge < -0.3 is 5.32 Å². The number of halogens is 1. The van der Waals surface area contributed by atoms with Gasteiger partial charge in [-0.05, 0) is 26.8 Å². The second kappa shape index (κ2) is 6.38. The van der Waals surface area contributed by atoms with E-state index in [9.17, 15) is 0 Å². The molecule has 1 aliphatic carbocycles. The van der Waals surface area contributed by atoms with E-state index in [4.69, 9.17) is 0 Å². The molecular weight excluding hydrogens is 236 g/mol. The third-order valence-electron chi connectivity index (χ3n) is 3.35. The van der Waals surface area contributed by atoms with Gasteiger partial charge >= 0.3 is 0 Å². The zero-order valence-corrected chi connectivity index (χ0v) is 11.7. The van der Waals surface area contributed by atoms with Crippen LogP contribution in [0.2, 0.25) is 0 Å². The van der Waals surface area contributed by atoms with E-state index in [1.165, 1.54) is 18.4 Å². The van der Waals surface area contributed by atoms with Crippen LogP contribution in [0.4, 0.5) is 0 Å². The van der Waals surface area contributed by atoms with E-state index < -0.39 is 0 Å². The molecule has 1 unspecified atom stereocenters. The molecule has 2 rings (SSSR count). The van der Waals surface area contributed by atoms with Crippen LogP contribution in [0, 0.1) is 0 Å². The summed E-state index contributed by atoms with van der Waals surface area (Å²) in [6.07, 6.45) is 6.73. The molecule has 1 aromatic heterocycles. The van der Waals surface area contributed by atoms with Gasteiger partial charge in [0.25, 0.3) is 0 Å². The Morgan fingerprint density at radius 2 is 2.29 bits per heavy atom. The van der Waals surface area contributed by atoms with Crippen LogP contribution in [-0.2, 0) is 13.6 Å². The number of nitrogens with zero attached hydrogens (tertiary/aromatic N) is 3. The number of aromatic nitrogens is 2. The molecule has 0 radical (unpaired) electrons. The molecular formula is C12H23ClN4. The molecule has 1 N–H and O–H groups in total. The number of rotatable bonds is 6. The van der Waals surface area contributed by atoms with Crippen LogP contribution in [-0.4, -0.2) is 40.4 Å². The molecule has 0 amide bonds.